The molecule has 0 saturated heterocycles. The van der Waals surface area contributed by atoms with E-state index in [1.807, 2.05) is 18.4 Å². The maximum atomic E-state index is 11.9. The van der Waals surface area contributed by atoms with Gasteiger partial charge in [0.25, 0.3) is 0 Å². The lowest BCUT2D eigenvalue weighted by atomic mass is 10.1. The van der Waals surface area contributed by atoms with Crippen molar-refractivity contribution in [3.05, 3.63) is 35.4 Å². The maximum Gasteiger partial charge on any atom is 0.338 e. The molecular formula is C18H27NO3S. The molecule has 1 aromatic rings. The molecule has 0 aliphatic heterocycles. The highest BCUT2D eigenvalue weighted by atomic mass is 32.2. The van der Waals surface area contributed by atoms with Crippen LogP contribution in [0.15, 0.2) is 24.3 Å². The summed E-state index contributed by atoms with van der Waals surface area (Å²) >= 11 is 1.74. The fourth-order valence-electron chi connectivity index (χ4n) is 2.12. The Morgan fingerprint density at radius 2 is 1.87 bits per heavy atom. The predicted molar refractivity (Wildman–Crippen MR) is 95.7 cm³/mol. The molecule has 1 N–H and O–H groups in total. The van der Waals surface area contributed by atoms with Gasteiger partial charge in [-0.15, -0.1) is 0 Å². The van der Waals surface area contributed by atoms with Gasteiger partial charge in [0.1, 0.15) is 6.61 Å². The Bertz CT molecular complexity index is 474. The smallest absolute Gasteiger partial charge is 0.338 e. The fourth-order valence-corrected chi connectivity index (χ4v) is 2.65. The van der Waals surface area contributed by atoms with Crippen LogP contribution >= 0.6 is 11.8 Å². The second kappa shape index (κ2) is 12.0. The number of hydrogen-bond acceptors (Lipinski definition) is 4. The number of nitrogens with one attached hydrogen (secondary N) is 1. The molecule has 0 atom stereocenters. The third-order valence-corrected chi connectivity index (χ3v) is 4.04. The van der Waals surface area contributed by atoms with Crippen molar-refractivity contribution in [3.63, 3.8) is 0 Å². The van der Waals surface area contributed by atoms with E-state index in [1.54, 1.807) is 23.9 Å². The Balaban J connectivity index is 2.17. The number of ether oxygens (including phenoxy) is 1. The van der Waals surface area contributed by atoms with E-state index in [0.717, 1.165) is 25.0 Å². The van der Waals surface area contributed by atoms with E-state index >= 15 is 0 Å². The van der Waals surface area contributed by atoms with Crippen LogP contribution in [0.25, 0.3) is 0 Å². The molecule has 0 heterocycles. The zero-order chi connectivity index (χ0) is 16.9. The highest BCUT2D eigenvalue weighted by Gasteiger charge is 2.07. The van der Waals surface area contributed by atoms with Crippen molar-refractivity contribution in [2.45, 2.75) is 44.8 Å². The van der Waals surface area contributed by atoms with Gasteiger partial charge in [0.05, 0.1) is 12.1 Å². The third-order valence-electron chi connectivity index (χ3n) is 3.42. The minimum Gasteiger partial charge on any atom is -0.460 e. The first-order valence-corrected chi connectivity index (χ1v) is 9.58. The van der Waals surface area contributed by atoms with Crippen LogP contribution in [0.5, 0.6) is 0 Å². The molecule has 1 amide bonds. The number of benzene rings is 1. The quantitative estimate of drug-likeness (QED) is 0.493. The van der Waals surface area contributed by atoms with Gasteiger partial charge in [0, 0.05) is 12.2 Å². The second-order valence-electron chi connectivity index (χ2n) is 5.43. The van der Waals surface area contributed by atoms with E-state index in [9.17, 15) is 9.59 Å². The van der Waals surface area contributed by atoms with Crippen molar-refractivity contribution in [1.82, 2.24) is 5.32 Å². The van der Waals surface area contributed by atoms with E-state index in [0.29, 0.717) is 18.5 Å². The van der Waals surface area contributed by atoms with E-state index in [-0.39, 0.29) is 18.5 Å². The first kappa shape index (κ1) is 19.6. The zero-order valence-electron chi connectivity index (χ0n) is 14.1. The number of hydrogen-bond donors (Lipinski definition) is 1. The van der Waals surface area contributed by atoms with Gasteiger partial charge in [-0.05, 0) is 30.4 Å². The van der Waals surface area contributed by atoms with Crippen LogP contribution < -0.4 is 5.32 Å². The van der Waals surface area contributed by atoms with Crippen molar-refractivity contribution in [3.8, 4) is 0 Å². The number of unbranched alkanes of at least 4 members (excludes halogenated alkanes) is 3. The fraction of sp³-hybridized carbons (Fsp3) is 0.556. The minimum absolute atomic E-state index is 0.0265. The van der Waals surface area contributed by atoms with Gasteiger partial charge in [-0.1, -0.05) is 38.3 Å². The van der Waals surface area contributed by atoms with Gasteiger partial charge in [-0.2, -0.15) is 11.8 Å². The summed E-state index contributed by atoms with van der Waals surface area (Å²) in [4.78, 5) is 23.4. The summed E-state index contributed by atoms with van der Waals surface area (Å²) in [5, 5.41) is 2.77. The molecule has 0 spiro atoms. The number of rotatable bonds is 11. The van der Waals surface area contributed by atoms with Gasteiger partial charge in [0.2, 0.25) is 5.91 Å². The average Bonchev–Trinajstić information content (AvgIpc) is 2.56. The van der Waals surface area contributed by atoms with Gasteiger partial charge < -0.3 is 10.1 Å². The number of carbonyl (C=O) groups excluding carboxylic acids is 2. The van der Waals surface area contributed by atoms with Gasteiger partial charge in [-0.25, -0.2) is 4.79 Å². The largest absolute Gasteiger partial charge is 0.460 e. The second-order valence-corrected chi connectivity index (χ2v) is 6.29. The summed E-state index contributed by atoms with van der Waals surface area (Å²) < 4.78 is 5.16. The number of esters is 1. The van der Waals surface area contributed by atoms with Gasteiger partial charge >= 0.3 is 5.97 Å². The Morgan fingerprint density at radius 1 is 1.13 bits per heavy atom. The highest BCUT2D eigenvalue weighted by Crippen LogP contribution is 2.11. The summed E-state index contributed by atoms with van der Waals surface area (Å²) in [6.45, 7) is 2.71. The molecule has 128 valence electrons. The molecule has 4 nitrogen and oxygen atoms in total. The number of carbonyl (C=O) groups is 2. The molecule has 5 heteroatoms. The molecule has 0 aliphatic rings. The van der Waals surface area contributed by atoms with Crippen LogP contribution in [0.2, 0.25) is 0 Å². The van der Waals surface area contributed by atoms with Crippen LogP contribution in [0.3, 0.4) is 0 Å². The standard InChI is InChI=1S/C18H27NO3S/c1-3-4-5-6-7-17(20)19-12-13-22-18(21)16-10-8-15(9-11-16)14-23-2/h8-11H,3-7,12-14H2,1-2H3,(H,19,20). The molecule has 0 aliphatic carbocycles. The highest BCUT2D eigenvalue weighted by molar-refractivity contribution is 7.97. The molecule has 0 aromatic heterocycles. The van der Waals surface area contributed by atoms with Crippen molar-refractivity contribution < 1.29 is 14.3 Å². The van der Waals surface area contributed by atoms with Crippen molar-refractivity contribution in [2.24, 2.45) is 0 Å². The Hall–Kier alpha value is -1.49. The molecule has 1 rings (SSSR count). The summed E-state index contributed by atoms with van der Waals surface area (Å²) in [5.74, 6) is 0.607. The lowest BCUT2D eigenvalue weighted by Gasteiger charge is -2.07. The van der Waals surface area contributed by atoms with Crippen LogP contribution in [0.1, 0.15) is 54.9 Å². The van der Waals surface area contributed by atoms with Crippen LogP contribution in [-0.2, 0) is 15.3 Å². The summed E-state index contributed by atoms with van der Waals surface area (Å²) in [5.41, 5.74) is 1.73. The molecule has 0 saturated carbocycles. The molecule has 0 radical (unpaired) electrons. The molecule has 0 fully saturated rings. The lowest BCUT2D eigenvalue weighted by molar-refractivity contribution is -0.121. The zero-order valence-corrected chi connectivity index (χ0v) is 14.9. The van der Waals surface area contributed by atoms with Crippen LogP contribution in [0, 0.1) is 0 Å². The first-order valence-electron chi connectivity index (χ1n) is 8.19. The number of amides is 1. The Labute approximate surface area is 143 Å². The topological polar surface area (TPSA) is 55.4 Å². The van der Waals surface area contributed by atoms with Crippen molar-refractivity contribution >= 4 is 23.6 Å². The lowest BCUT2D eigenvalue weighted by Crippen LogP contribution is -2.27. The average molecular weight is 337 g/mol. The molecule has 0 unspecified atom stereocenters. The van der Waals surface area contributed by atoms with Gasteiger partial charge in [-0.3, -0.25) is 4.79 Å². The van der Waals surface area contributed by atoms with E-state index in [4.69, 9.17) is 4.74 Å². The molecular weight excluding hydrogens is 310 g/mol. The summed E-state index contributed by atoms with van der Waals surface area (Å²) in [6, 6.07) is 7.43. The number of thioether (sulfide) groups is 1. The summed E-state index contributed by atoms with van der Waals surface area (Å²) in [7, 11) is 0. The third kappa shape index (κ3) is 8.65. The molecule has 1 aromatic carbocycles. The van der Waals surface area contributed by atoms with Crippen LogP contribution in [-0.4, -0.2) is 31.3 Å². The Morgan fingerprint density at radius 3 is 2.52 bits per heavy atom. The van der Waals surface area contributed by atoms with Crippen LogP contribution in [0.4, 0.5) is 0 Å². The van der Waals surface area contributed by atoms with Gasteiger partial charge in [0.15, 0.2) is 0 Å². The van der Waals surface area contributed by atoms with E-state index in [2.05, 4.69) is 12.2 Å². The summed E-state index contributed by atoms with van der Waals surface area (Å²) in [6.07, 6.45) is 6.93. The first-order chi connectivity index (χ1) is 11.2. The Kier molecular flexibility index (Phi) is 10.2. The monoisotopic (exact) mass is 337 g/mol. The van der Waals surface area contributed by atoms with E-state index in [1.165, 1.54) is 12.0 Å². The van der Waals surface area contributed by atoms with Crippen molar-refractivity contribution in [2.75, 3.05) is 19.4 Å². The normalized spacial score (nSPS) is 10.3. The molecule has 0 bridgehead atoms. The van der Waals surface area contributed by atoms with Crippen molar-refractivity contribution in [1.29, 1.82) is 0 Å². The van der Waals surface area contributed by atoms with E-state index < -0.39 is 0 Å². The minimum atomic E-state index is -0.349. The maximum absolute atomic E-state index is 11.9. The SMILES string of the molecule is CCCCCCC(=O)NCCOC(=O)c1ccc(CSC)cc1. The predicted octanol–water partition coefficient (Wildman–Crippen LogP) is 3.79. The molecule has 23 heavy (non-hydrogen) atoms.